The smallest absolute Gasteiger partial charge is 0.411 e. The Kier molecular flexibility index (Phi) is 4.21. The quantitative estimate of drug-likeness (QED) is 0.717. The summed E-state index contributed by atoms with van der Waals surface area (Å²) in [6.45, 7) is 0.225. The molecule has 0 saturated carbocycles. The monoisotopic (exact) mass is 312 g/mol. The first-order chi connectivity index (χ1) is 10.7. The van der Waals surface area contributed by atoms with E-state index in [0.29, 0.717) is 10.8 Å². The summed E-state index contributed by atoms with van der Waals surface area (Å²) < 4.78 is 5.18. The molecule has 0 saturated heterocycles. The van der Waals surface area contributed by atoms with Gasteiger partial charge in [0, 0.05) is 17.3 Å². The Balaban J connectivity index is 1.67. The molecule has 0 aliphatic carbocycles. The Labute approximate surface area is 132 Å². The van der Waals surface area contributed by atoms with E-state index in [0.717, 1.165) is 16.3 Å². The van der Waals surface area contributed by atoms with Gasteiger partial charge < -0.3 is 4.74 Å². The lowest BCUT2D eigenvalue weighted by Gasteiger charge is -2.08. The SMILES string of the molecule is O=C(Nc1ccc2ccnc(Cl)c2c1)OCc1ccccc1. The van der Waals surface area contributed by atoms with E-state index >= 15 is 0 Å². The minimum absolute atomic E-state index is 0.225. The van der Waals surface area contributed by atoms with Gasteiger partial charge in [-0.15, -0.1) is 0 Å². The van der Waals surface area contributed by atoms with E-state index in [1.54, 1.807) is 18.3 Å². The van der Waals surface area contributed by atoms with Gasteiger partial charge in [-0.2, -0.15) is 0 Å². The van der Waals surface area contributed by atoms with Crippen molar-refractivity contribution in [2.24, 2.45) is 0 Å². The molecule has 4 nitrogen and oxygen atoms in total. The third-order valence-electron chi connectivity index (χ3n) is 3.18. The third-order valence-corrected chi connectivity index (χ3v) is 3.48. The summed E-state index contributed by atoms with van der Waals surface area (Å²) in [6, 6.07) is 16.8. The average molecular weight is 313 g/mol. The lowest BCUT2D eigenvalue weighted by Crippen LogP contribution is -2.13. The van der Waals surface area contributed by atoms with E-state index in [1.807, 2.05) is 42.5 Å². The molecule has 0 atom stereocenters. The fourth-order valence-electron chi connectivity index (χ4n) is 2.09. The molecule has 2 aromatic carbocycles. The van der Waals surface area contributed by atoms with E-state index in [4.69, 9.17) is 16.3 Å². The molecule has 1 N–H and O–H groups in total. The molecule has 0 unspecified atom stereocenters. The van der Waals surface area contributed by atoms with Crippen LogP contribution in [0, 0.1) is 0 Å². The van der Waals surface area contributed by atoms with Gasteiger partial charge in [0.15, 0.2) is 0 Å². The van der Waals surface area contributed by atoms with Crippen LogP contribution in [0.15, 0.2) is 60.8 Å². The molecule has 0 spiro atoms. The number of fused-ring (bicyclic) bond motifs is 1. The van der Waals surface area contributed by atoms with Crippen LogP contribution >= 0.6 is 11.6 Å². The van der Waals surface area contributed by atoms with Crippen molar-refractivity contribution in [2.45, 2.75) is 6.61 Å². The van der Waals surface area contributed by atoms with E-state index in [2.05, 4.69) is 10.3 Å². The predicted octanol–water partition coefficient (Wildman–Crippen LogP) is 4.64. The second-order valence-corrected chi connectivity index (χ2v) is 5.08. The topological polar surface area (TPSA) is 51.2 Å². The maximum atomic E-state index is 11.8. The molecule has 1 heterocycles. The molecule has 1 amide bonds. The van der Waals surface area contributed by atoms with Gasteiger partial charge in [0.05, 0.1) is 0 Å². The first-order valence-corrected chi connectivity index (χ1v) is 7.12. The number of aromatic nitrogens is 1. The zero-order valence-electron chi connectivity index (χ0n) is 11.6. The predicted molar refractivity (Wildman–Crippen MR) is 87.0 cm³/mol. The fourth-order valence-corrected chi connectivity index (χ4v) is 2.31. The van der Waals surface area contributed by atoms with Gasteiger partial charge in [0.2, 0.25) is 0 Å². The normalized spacial score (nSPS) is 10.4. The van der Waals surface area contributed by atoms with Gasteiger partial charge in [-0.25, -0.2) is 9.78 Å². The highest BCUT2D eigenvalue weighted by molar-refractivity contribution is 6.34. The Morgan fingerprint density at radius 1 is 1.14 bits per heavy atom. The number of amides is 1. The summed E-state index contributed by atoms with van der Waals surface area (Å²) in [5, 5.41) is 4.83. The van der Waals surface area contributed by atoms with Crippen molar-refractivity contribution in [1.29, 1.82) is 0 Å². The van der Waals surface area contributed by atoms with E-state index in [1.165, 1.54) is 0 Å². The highest BCUT2D eigenvalue weighted by atomic mass is 35.5. The zero-order valence-corrected chi connectivity index (χ0v) is 12.4. The number of nitrogens with one attached hydrogen (secondary N) is 1. The highest BCUT2D eigenvalue weighted by Gasteiger charge is 2.06. The number of ether oxygens (including phenoxy) is 1. The van der Waals surface area contributed by atoms with Crippen LogP contribution in [-0.2, 0) is 11.3 Å². The summed E-state index contributed by atoms with van der Waals surface area (Å²) in [7, 11) is 0. The lowest BCUT2D eigenvalue weighted by atomic mass is 10.1. The molecule has 0 aliphatic heterocycles. The third kappa shape index (κ3) is 3.35. The maximum absolute atomic E-state index is 11.8. The van der Waals surface area contributed by atoms with Crippen LogP contribution in [0.1, 0.15) is 5.56 Å². The molecule has 3 aromatic rings. The summed E-state index contributed by atoms with van der Waals surface area (Å²) in [5.74, 6) is 0. The van der Waals surface area contributed by atoms with Crippen molar-refractivity contribution in [3.8, 4) is 0 Å². The number of halogens is 1. The number of hydrogen-bond acceptors (Lipinski definition) is 3. The Morgan fingerprint density at radius 3 is 2.77 bits per heavy atom. The van der Waals surface area contributed by atoms with Gasteiger partial charge in [-0.1, -0.05) is 48.0 Å². The second kappa shape index (κ2) is 6.45. The van der Waals surface area contributed by atoms with Crippen molar-refractivity contribution in [2.75, 3.05) is 5.32 Å². The number of hydrogen-bond donors (Lipinski definition) is 1. The molecular weight excluding hydrogens is 300 g/mol. The highest BCUT2D eigenvalue weighted by Crippen LogP contribution is 2.24. The molecule has 3 rings (SSSR count). The van der Waals surface area contributed by atoms with Crippen molar-refractivity contribution in [3.05, 3.63) is 71.5 Å². The molecule has 5 heteroatoms. The summed E-state index contributed by atoms with van der Waals surface area (Å²) in [6.07, 6.45) is 1.13. The van der Waals surface area contributed by atoms with Crippen molar-refractivity contribution in [3.63, 3.8) is 0 Å². The molecule has 1 aromatic heterocycles. The standard InChI is InChI=1S/C17H13ClN2O2/c18-16-15-10-14(7-6-13(15)8-9-19-16)20-17(21)22-11-12-4-2-1-3-5-12/h1-10H,11H2,(H,20,21). The first-order valence-electron chi connectivity index (χ1n) is 6.74. The molecule has 0 bridgehead atoms. The second-order valence-electron chi connectivity index (χ2n) is 4.72. The van der Waals surface area contributed by atoms with Crippen LogP contribution < -0.4 is 5.32 Å². The minimum Gasteiger partial charge on any atom is -0.444 e. The minimum atomic E-state index is -0.511. The summed E-state index contributed by atoms with van der Waals surface area (Å²) >= 11 is 6.05. The largest absolute Gasteiger partial charge is 0.444 e. The lowest BCUT2D eigenvalue weighted by molar-refractivity contribution is 0.155. The molecule has 0 aliphatic rings. The van der Waals surface area contributed by atoms with Crippen molar-refractivity contribution in [1.82, 2.24) is 4.98 Å². The number of carbonyl (C=O) groups is 1. The molecular formula is C17H13ClN2O2. The molecule has 0 fully saturated rings. The van der Waals surface area contributed by atoms with Crippen LogP contribution in [0.5, 0.6) is 0 Å². The van der Waals surface area contributed by atoms with Gasteiger partial charge in [-0.3, -0.25) is 5.32 Å². The van der Waals surface area contributed by atoms with Crippen molar-refractivity contribution < 1.29 is 9.53 Å². The van der Waals surface area contributed by atoms with E-state index < -0.39 is 6.09 Å². The Morgan fingerprint density at radius 2 is 1.95 bits per heavy atom. The van der Waals surface area contributed by atoms with Gasteiger partial charge in [0.1, 0.15) is 11.8 Å². The van der Waals surface area contributed by atoms with Crippen LogP contribution in [0.25, 0.3) is 10.8 Å². The average Bonchev–Trinajstić information content (AvgIpc) is 2.55. The summed E-state index contributed by atoms with van der Waals surface area (Å²) in [5.41, 5.74) is 1.55. The number of carbonyl (C=O) groups excluding carboxylic acids is 1. The Hall–Kier alpha value is -2.59. The van der Waals surface area contributed by atoms with Gasteiger partial charge in [-0.05, 0) is 29.1 Å². The van der Waals surface area contributed by atoms with E-state index in [-0.39, 0.29) is 6.61 Å². The number of nitrogens with zero attached hydrogens (tertiary/aromatic N) is 1. The van der Waals surface area contributed by atoms with Gasteiger partial charge >= 0.3 is 6.09 Å². The molecule has 22 heavy (non-hydrogen) atoms. The molecule has 0 radical (unpaired) electrons. The Bertz CT molecular complexity index is 806. The number of benzene rings is 2. The van der Waals surface area contributed by atoms with Crippen LogP contribution in [0.3, 0.4) is 0 Å². The first kappa shape index (κ1) is 14.4. The van der Waals surface area contributed by atoms with Crippen LogP contribution in [0.4, 0.5) is 10.5 Å². The van der Waals surface area contributed by atoms with Crippen LogP contribution in [0.2, 0.25) is 5.15 Å². The zero-order chi connectivity index (χ0) is 15.4. The maximum Gasteiger partial charge on any atom is 0.411 e. The number of anilines is 1. The number of rotatable bonds is 3. The van der Waals surface area contributed by atoms with E-state index in [9.17, 15) is 4.79 Å². The van der Waals surface area contributed by atoms with Crippen molar-refractivity contribution >= 4 is 34.2 Å². The molecule has 110 valence electrons. The summed E-state index contributed by atoms with van der Waals surface area (Å²) in [4.78, 5) is 15.8. The van der Waals surface area contributed by atoms with Gasteiger partial charge in [0.25, 0.3) is 0 Å². The van der Waals surface area contributed by atoms with Crippen LogP contribution in [-0.4, -0.2) is 11.1 Å². The number of pyridine rings is 1. The fraction of sp³-hybridized carbons (Fsp3) is 0.0588.